The zero-order valence-corrected chi connectivity index (χ0v) is 12.7. The maximum absolute atomic E-state index is 11.6. The van der Waals surface area contributed by atoms with Gasteiger partial charge in [0.05, 0.1) is 17.8 Å². The van der Waals surface area contributed by atoms with Gasteiger partial charge in [-0.2, -0.15) is 0 Å². The number of nitrogen functional groups attached to an aromatic ring is 1. The molecule has 0 aliphatic carbocycles. The lowest BCUT2D eigenvalue weighted by Gasteiger charge is -2.07. The Morgan fingerprint density at radius 3 is 2.80 bits per heavy atom. The monoisotopic (exact) mass is 294 g/mol. The highest BCUT2D eigenvalue weighted by atomic mass is 32.1. The Balaban J connectivity index is 2.21. The molecule has 0 bridgehead atoms. The summed E-state index contributed by atoms with van der Waals surface area (Å²) in [6, 6.07) is 0. The molecule has 0 spiro atoms. The maximum Gasteiger partial charge on any atom is 0.360 e. The molecule has 108 valence electrons. The molecule has 0 saturated heterocycles. The van der Waals surface area contributed by atoms with Gasteiger partial charge < -0.3 is 15.0 Å². The normalized spacial score (nSPS) is 10.8. The molecule has 2 aromatic rings. The van der Waals surface area contributed by atoms with Crippen LogP contribution in [0.5, 0.6) is 0 Å². The predicted molar refractivity (Wildman–Crippen MR) is 77.9 cm³/mol. The molecule has 6 nitrogen and oxygen atoms in total. The van der Waals surface area contributed by atoms with Crippen molar-refractivity contribution in [1.82, 2.24) is 14.5 Å². The third-order valence-electron chi connectivity index (χ3n) is 3.04. The van der Waals surface area contributed by atoms with Gasteiger partial charge in [0.1, 0.15) is 11.6 Å². The highest BCUT2D eigenvalue weighted by molar-refractivity contribution is 7.09. The van der Waals surface area contributed by atoms with Crippen molar-refractivity contribution < 1.29 is 9.53 Å². The quantitative estimate of drug-likeness (QED) is 0.850. The van der Waals surface area contributed by atoms with Gasteiger partial charge in [-0.15, -0.1) is 11.3 Å². The van der Waals surface area contributed by atoms with Crippen molar-refractivity contribution in [1.29, 1.82) is 0 Å². The topological polar surface area (TPSA) is 83.0 Å². The van der Waals surface area contributed by atoms with Gasteiger partial charge >= 0.3 is 5.97 Å². The van der Waals surface area contributed by atoms with Gasteiger partial charge in [0, 0.05) is 24.8 Å². The second kappa shape index (κ2) is 6.04. The van der Waals surface area contributed by atoms with Crippen molar-refractivity contribution in [3.8, 4) is 0 Å². The van der Waals surface area contributed by atoms with Crippen LogP contribution >= 0.6 is 11.3 Å². The summed E-state index contributed by atoms with van der Waals surface area (Å²) in [6.45, 7) is 4.61. The first-order valence-electron chi connectivity index (χ1n) is 6.41. The number of anilines is 1. The molecule has 2 aromatic heterocycles. The molecule has 2 rings (SSSR count). The number of aryl methyl sites for hydroxylation is 3. The Hall–Kier alpha value is -1.89. The van der Waals surface area contributed by atoms with E-state index >= 15 is 0 Å². The number of esters is 1. The lowest BCUT2D eigenvalue weighted by molar-refractivity contribution is 0.0595. The molecule has 0 radical (unpaired) electrons. The average molecular weight is 294 g/mol. The molecule has 2 N–H and O–H groups in total. The van der Waals surface area contributed by atoms with Crippen LogP contribution in [0.2, 0.25) is 0 Å². The summed E-state index contributed by atoms with van der Waals surface area (Å²) < 4.78 is 6.55. The van der Waals surface area contributed by atoms with E-state index in [1.807, 2.05) is 23.8 Å². The fraction of sp³-hybridized carbons (Fsp3) is 0.462. The molecule has 0 aliphatic heterocycles. The summed E-state index contributed by atoms with van der Waals surface area (Å²) in [4.78, 5) is 20.3. The zero-order chi connectivity index (χ0) is 14.7. The molecule has 7 heteroatoms. The molecule has 0 fully saturated rings. The summed E-state index contributed by atoms with van der Waals surface area (Å²) in [5.41, 5.74) is 7.23. The van der Waals surface area contributed by atoms with E-state index in [0.29, 0.717) is 18.8 Å². The van der Waals surface area contributed by atoms with Crippen LogP contribution in [0.3, 0.4) is 0 Å². The van der Waals surface area contributed by atoms with E-state index in [2.05, 4.69) is 9.97 Å². The number of carbonyl (C=O) groups is 1. The van der Waals surface area contributed by atoms with Gasteiger partial charge in [0.15, 0.2) is 5.69 Å². The van der Waals surface area contributed by atoms with Crippen LogP contribution in [0.4, 0.5) is 5.82 Å². The molecule has 0 amide bonds. The highest BCUT2D eigenvalue weighted by Crippen LogP contribution is 2.18. The van der Waals surface area contributed by atoms with E-state index in [0.717, 1.165) is 22.9 Å². The van der Waals surface area contributed by atoms with E-state index in [1.54, 1.807) is 11.3 Å². The van der Waals surface area contributed by atoms with Crippen LogP contribution in [0.1, 0.15) is 33.9 Å². The molecule has 20 heavy (non-hydrogen) atoms. The zero-order valence-electron chi connectivity index (χ0n) is 11.8. The van der Waals surface area contributed by atoms with Crippen LogP contribution in [-0.4, -0.2) is 27.6 Å². The molecule has 0 saturated carbocycles. The number of nitrogens with two attached hydrogens (primary N) is 1. The first kappa shape index (κ1) is 14.5. The van der Waals surface area contributed by atoms with Crippen molar-refractivity contribution >= 4 is 23.1 Å². The second-order valence-electron chi connectivity index (χ2n) is 4.37. The molecule has 0 aliphatic rings. The van der Waals surface area contributed by atoms with Crippen molar-refractivity contribution in [2.24, 2.45) is 0 Å². The van der Waals surface area contributed by atoms with Crippen LogP contribution < -0.4 is 5.73 Å². The van der Waals surface area contributed by atoms with Crippen LogP contribution in [0.25, 0.3) is 0 Å². The molecular weight excluding hydrogens is 276 g/mol. The van der Waals surface area contributed by atoms with Crippen LogP contribution in [-0.2, 0) is 24.1 Å². The minimum Gasteiger partial charge on any atom is -0.464 e. The summed E-state index contributed by atoms with van der Waals surface area (Å²) in [5, 5.41) is 3.08. The molecule has 0 unspecified atom stereocenters. The largest absolute Gasteiger partial charge is 0.464 e. The maximum atomic E-state index is 11.6. The van der Waals surface area contributed by atoms with Gasteiger partial charge in [-0.3, -0.25) is 0 Å². The Morgan fingerprint density at radius 2 is 2.25 bits per heavy atom. The summed E-state index contributed by atoms with van der Waals surface area (Å²) in [7, 11) is 1.32. The number of methoxy groups -OCH3 is 1. The second-order valence-corrected chi connectivity index (χ2v) is 5.43. The van der Waals surface area contributed by atoms with Crippen molar-refractivity contribution in [2.45, 2.75) is 33.2 Å². The third-order valence-corrected chi connectivity index (χ3v) is 3.86. The number of thiazole rings is 1. The molecular formula is C13H18N4O2S. The van der Waals surface area contributed by atoms with Gasteiger partial charge in [-0.1, -0.05) is 6.92 Å². The molecule has 2 heterocycles. The fourth-order valence-electron chi connectivity index (χ4n) is 2.03. The van der Waals surface area contributed by atoms with Gasteiger partial charge in [-0.05, 0) is 6.92 Å². The number of ether oxygens (including phenoxy) is 1. The van der Waals surface area contributed by atoms with Crippen LogP contribution in [0, 0.1) is 6.92 Å². The van der Waals surface area contributed by atoms with Gasteiger partial charge in [0.25, 0.3) is 0 Å². The van der Waals surface area contributed by atoms with Crippen molar-refractivity contribution in [3.63, 3.8) is 0 Å². The van der Waals surface area contributed by atoms with E-state index in [9.17, 15) is 4.79 Å². The van der Waals surface area contributed by atoms with Gasteiger partial charge in [0.2, 0.25) is 0 Å². The van der Waals surface area contributed by atoms with Crippen molar-refractivity contribution in [3.05, 3.63) is 27.6 Å². The standard InChI is InChI=1S/C13H18N4O2S/c1-4-10-16-11(13(18)19-3)12(14)17(10)6-5-9-7-20-8(2)15-9/h7H,4-6,14H2,1-3H3. The third kappa shape index (κ3) is 2.82. The lowest BCUT2D eigenvalue weighted by atomic mass is 10.3. The number of imidazole rings is 1. The smallest absolute Gasteiger partial charge is 0.360 e. The number of aromatic nitrogens is 3. The summed E-state index contributed by atoms with van der Waals surface area (Å²) in [5.74, 6) is 0.649. The molecule has 0 atom stereocenters. The Morgan fingerprint density at radius 1 is 1.50 bits per heavy atom. The number of carbonyl (C=O) groups excluding carboxylic acids is 1. The highest BCUT2D eigenvalue weighted by Gasteiger charge is 2.20. The SMILES string of the molecule is CCc1nc(C(=O)OC)c(N)n1CCc1csc(C)n1. The molecule has 0 aromatic carbocycles. The first-order chi connectivity index (χ1) is 9.56. The Kier molecular flexibility index (Phi) is 4.39. The van der Waals surface area contributed by atoms with E-state index < -0.39 is 5.97 Å². The van der Waals surface area contributed by atoms with E-state index in [-0.39, 0.29) is 5.69 Å². The lowest BCUT2D eigenvalue weighted by Crippen LogP contribution is -2.11. The van der Waals surface area contributed by atoms with E-state index in [4.69, 9.17) is 10.5 Å². The summed E-state index contributed by atoms with van der Waals surface area (Å²) in [6.07, 6.45) is 1.47. The summed E-state index contributed by atoms with van der Waals surface area (Å²) >= 11 is 1.63. The van der Waals surface area contributed by atoms with Crippen molar-refractivity contribution in [2.75, 3.05) is 12.8 Å². The number of rotatable bonds is 5. The minimum atomic E-state index is -0.500. The predicted octanol–water partition coefficient (Wildman–Crippen LogP) is 1.82. The first-order valence-corrected chi connectivity index (χ1v) is 7.29. The fourth-order valence-corrected chi connectivity index (χ4v) is 2.68. The Bertz CT molecular complexity index is 618. The van der Waals surface area contributed by atoms with Crippen LogP contribution in [0.15, 0.2) is 5.38 Å². The van der Waals surface area contributed by atoms with Gasteiger partial charge in [-0.25, -0.2) is 14.8 Å². The van der Waals surface area contributed by atoms with E-state index in [1.165, 1.54) is 7.11 Å². The Labute approximate surface area is 121 Å². The average Bonchev–Trinajstić information content (AvgIpc) is 2.99. The number of hydrogen-bond donors (Lipinski definition) is 1. The number of nitrogens with zero attached hydrogens (tertiary/aromatic N) is 3. The number of hydrogen-bond acceptors (Lipinski definition) is 6. The minimum absolute atomic E-state index is 0.193.